The molecule has 24 heavy (non-hydrogen) atoms. The van der Waals surface area contributed by atoms with Gasteiger partial charge in [-0.1, -0.05) is 0 Å². The first-order valence-electron chi connectivity index (χ1n) is 8.97. The Balaban J connectivity index is 1.54. The summed E-state index contributed by atoms with van der Waals surface area (Å²) in [6.45, 7) is 2.68. The van der Waals surface area contributed by atoms with Crippen molar-refractivity contribution in [2.75, 3.05) is 6.54 Å². The highest BCUT2D eigenvalue weighted by molar-refractivity contribution is 5.82. The summed E-state index contributed by atoms with van der Waals surface area (Å²) in [6.07, 6.45) is 6.06. The summed E-state index contributed by atoms with van der Waals surface area (Å²) in [5, 5.41) is 3.91. The van der Waals surface area contributed by atoms with E-state index in [1.54, 1.807) is 12.1 Å². The fraction of sp³-hybridized carbons (Fsp3) is 0.500. The first-order chi connectivity index (χ1) is 11.7. The number of halogens is 1. The topological polar surface area (TPSA) is 42.0 Å². The van der Waals surface area contributed by atoms with Gasteiger partial charge in [0.05, 0.1) is 5.52 Å². The fourth-order valence-electron chi connectivity index (χ4n) is 4.90. The Kier molecular flexibility index (Phi) is 3.99. The molecule has 4 rings (SSSR count). The number of nitrogens with one attached hydrogen (secondary N) is 1. The molecule has 3 nitrogen and oxygen atoms in total. The summed E-state index contributed by atoms with van der Waals surface area (Å²) in [5.41, 5.74) is 2.09. The molecule has 1 aromatic heterocycles. The maximum atomic E-state index is 13.7. The van der Waals surface area contributed by atoms with E-state index < -0.39 is 0 Å². The van der Waals surface area contributed by atoms with Crippen molar-refractivity contribution < 1.29 is 9.18 Å². The molecule has 0 bridgehead atoms. The predicted molar refractivity (Wildman–Crippen MR) is 92.1 cm³/mol. The lowest BCUT2D eigenvalue weighted by Crippen LogP contribution is -2.29. The highest BCUT2D eigenvalue weighted by atomic mass is 19.1. The predicted octanol–water partition coefficient (Wildman–Crippen LogP) is 4.03. The van der Waals surface area contributed by atoms with Crippen LogP contribution in [0.15, 0.2) is 30.5 Å². The van der Waals surface area contributed by atoms with Gasteiger partial charge in [0.1, 0.15) is 5.82 Å². The zero-order valence-electron chi connectivity index (χ0n) is 14.0. The number of benzene rings is 1. The smallest absolute Gasteiger partial charge is 0.223 e. The highest BCUT2D eigenvalue weighted by Crippen LogP contribution is 2.53. The molecule has 0 saturated heterocycles. The summed E-state index contributed by atoms with van der Waals surface area (Å²) in [5.74, 6) is 1.92. The molecule has 2 aliphatic carbocycles. The summed E-state index contributed by atoms with van der Waals surface area (Å²) in [7, 11) is 0. The van der Waals surface area contributed by atoms with Crippen molar-refractivity contribution in [2.24, 2.45) is 17.8 Å². The van der Waals surface area contributed by atoms with Crippen LogP contribution in [0.1, 0.15) is 44.1 Å². The van der Waals surface area contributed by atoms with Gasteiger partial charge in [-0.2, -0.15) is 0 Å². The van der Waals surface area contributed by atoms with E-state index in [0.717, 1.165) is 36.6 Å². The van der Waals surface area contributed by atoms with Crippen LogP contribution in [0.2, 0.25) is 0 Å². The summed E-state index contributed by atoms with van der Waals surface area (Å²) in [6, 6.07) is 6.90. The third-order valence-corrected chi connectivity index (χ3v) is 5.91. The largest absolute Gasteiger partial charge is 0.356 e. The molecule has 4 heteroatoms. The van der Waals surface area contributed by atoms with E-state index >= 15 is 0 Å². The number of rotatable bonds is 3. The van der Waals surface area contributed by atoms with E-state index in [9.17, 15) is 9.18 Å². The lowest BCUT2D eigenvalue weighted by Gasteiger charge is -2.16. The lowest BCUT2D eigenvalue weighted by atomic mass is 9.90. The van der Waals surface area contributed by atoms with Gasteiger partial charge in [-0.25, -0.2) is 4.39 Å². The van der Waals surface area contributed by atoms with E-state index in [1.807, 2.05) is 13.1 Å². The first kappa shape index (κ1) is 15.6. The van der Waals surface area contributed by atoms with Crippen LogP contribution in [0, 0.1) is 23.6 Å². The Hall–Kier alpha value is -1.97. The molecular formula is C20H23FN2O. The van der Waals surface area contributed by atoms with Gasteiger partial charge in [0, 0.05) is 24.0 Å². The van der Waals surface area contributed by atoms with Crippen molar-refractivity contribution in [3.8, 4) is 0 Å². The number of hydrogen-bond donors (Lipinski definition) is 1. The summed E-state index contributed by atoms with van der Waals surface area (Å²) in [4.78, 5) is 16.4. The molecule has 1 heterocycles. The minimum atomic E-state index is -0.203. The number of aromatic nitrogens is 1. The molecule has 1 aromatic carbocycles. The van der Waals surface area contributed by atoms with Crippen LogP contribution in [0.4, 0.5) is 4.39 Å². The van der Waals surface area contributed by atoms with Crippen LogP contribution in [0.25, 0.3) is 10.9 Å². The van der Waals surface area contributed by atoms with Gasteiger partial charge in [-0.05, 0) is 80.2 Å². The van der Waals surface area contributed by atoms with Crippen LogP contribution in [-0.4, -0.2) is 17.4 Å². The summed E-state index contributed by atoms with van der Waals surface area (Å²) >= 11 is 0. The third kappa shape index (κ3) is 2.68. The van der Waals surface area contributed by atoms with Gasteiger partial charge in [0.15, 0.2) is 0 Å². The minimum Gasteiger partial charge on any atom is -0.356 e. The van der Waals surface area contributed by atoms with Gasteiger partial charge in [-0.3, -0.25) is 9.78 Å². The number of amides is 1. The van der Waals surface area contributed by atoms with Gasteiger partial charge in [0.25, 0.3) is 0 Å². The molecular weight excluding hydrogens is 303 g/mol. The average molecular weight is 326 g/mol. The Labute approximate surface area is 141 Å². The SMILES string of the molecule is CCNC(=O)[C@@H]1C[C@@H]2C[C@H](c3ccnc4ccc(F)cc34)C[C@@H]2C1. The van der Waals surface area contributed by atoms with Crippen molar-refractivity contribution in [2.45, 2.75) is 38.5 Å². The fourth-order valence-corrected chi connectivity index (χ4v) is 4.90. The number of carbonyl (C=O) groups is 1. The number of fused-ring (bicyclic) bond motifs is 2. The number of pyridine rings is 1. The molecule has 0 aliphatic heterocycles. The minimum absolute atomic E-state index is 0.188. The maximum absolute atomic E-state index is 13.7. The number of carbonyl (C=O) groups excluding carboxylic acids is 1. The van der Waals surface area contributed by atoms with Crippen LogP contribution >= 0.6 is 0 Å². The zero-order chi connectivity index (χ0) is 16.7. The lowest BCUT2D eigenvalue weighted by molar-refractivity contribution is -0.124. The molecule has 2 aliphatic rings. The molecule has 1 amide bonds. The molecule has 2 fully saturated rings. The molecule has 2 aromatic rings. The van der Waals surface area contributed by atoms with Crippen LogP contribution in [-0.2, 0) is 4.79 Å². The highest BCUT2D eigenvalue weighted by Gasteiger charge is 2.44. The van der Waals surface area contributed by atoms with Gasteiger partial charge < -0.3 is 5.32 Å². The normalized spacial score (nSPS) is 28.9. The molecule has 0 radical (unpaired) electrons. The van der Waals surface area contributed by atoms with Crippen molar-refractivity contribution in [1.82, 2.24) is 10.3 Å². The van der Waals surface area contributed by atoms with Crippen molar-refractivity contribution in [3.63, 3.8) is 0 Å². The monoisotopic (exact) mass is 326 g/mol. The Morgan fingerprint density at radius 2 is 1.96 bits per heavy atom. The van der Waals surface area contributed by atoms with Crippen LogP contribution < -0.4 is 5.32 Å². The van der Waals surface area contributed by atoms with Gasteiger partial charge in [0.2, 0.25) is 5.91 Å². The third-order valence-electron chi connectivity index (χ3n) is 5.91. The van der Waals surface area contributed by atoms with Crippen molar-refractivity contribution in [1.29, 1.82) is 0 Å². The van der Waals surface area contributed by atoms with E-state index in [4.69, 9.17) is 0 Å². The second kappa shape index (κ2) is 6.15. The Morgan fingerprint density at radius 1 is 1.21 bits per heavy atom. The van der Waals surface area contributed by atoms with Crippen molar-refractivity contribution in [3.05, 3.63) is 41.8 Å². The molecule has 126 valence electrons. The molecule has 0 spiro atoms. The number of hydrogen-bond acceptors (Lipinski definition) is 2. The molecule has 0 unspecified atom stereocenters. The molecule has 4 atom stereocenters. The van der Waals surface area contributed by atoms with E-state index in [2.05, 4.69) is 16.4 Å². The quantitative estimate of drug-likeness (QED) is 0.925. The Bertz CT molecular complexity index is 761. The second-order valence-corrected chi connectivity index (χ2v) is 7.31. The molecule has 2 saturated carbocycles. The zero-order valence-corrected chi connectivity index (χ0v) is 14.0. The molecule has 1 N–H and O–H groups in total. The standard InChI is InChI=1S/C20H23FN2O/c1-2-22-20(24)15-9-12-7-14(8-13(12)10-15)17-5-6-23-19-4-3-16(21)11-18(17)19/h3-6,11-15H,2,7-10H2,1H3,(H,22,24)/t12-,13+,14-,15+. The number of nitrogens with zero attached hydrogens (tertiary/aromatic N) is 1. The average Bonchev–Trinajstić information content (AvgIpc) is 3.13. The van der Waals surface area contributed by atoms with E-state index in [1.165, 1.54) is 11.6 Å². The maximum Gasteiger partial charge on any atom is 0.223 e. The van der Waals surface area contributed by atoms with Crippen LogP contribution in [0.3, 0.4) is 0 Å². The summed E-state index contributed by atoms with van der Waals surface area (Å²) < 4.78 is 13.7. The van der Waals surface area contributed by atoms with E-state index in [0.29, 0.717) is 24.3 Å². The second-order valence-electron chi connectivity index (χ2n) is 7.31. The van der Waals surface area contributed by atoms with E-state index in [-0.39, 0.29) is 17.6 Å². The Morgan fingerprint density at radius 3 is 2.67 bits per heavy atom. The van der Waals surface area contributed by atoms with Crippen LogP contribution in [0.5, 0.6) is 0 Å². The first-order valence-corrected chi connectivity index (χ1v) is 8.97. The van der Waals surface area contributed by atoms with Crippen molar-refractivity contribution >= 4 is 16.8 Å². The van der Waals surface area contributed by atoms with Gasteiger partial charge in [-0.15, -0.1) is 0 Å². The van der Waals surface area contributed by atoms with Gasteiger partial charge >= 0.3 is 0 Å².